The van der Waals surface area contributed by atoms with Crippen LogP contribution in [-0.4, -0.2) is 29.0 Å². The summed E-state index contributed by atoms with van der Waals surface area (Å²) in [6.45, 7) is 9.51. The van der Waals surface area contributed by atoms with Gasteiger partial charge in [0.15, 0.2) is 0 Å². The number of likely N-dealkylation sites (tertiary alicyclic amines) is 1. The molecule has 1 saturated carbocycles. The van der Waals surface area contributed by atoms with Gasteiger partial charge in [-0.05, 0) is 44.6 Å². The lowest BCUT2D eigenvalue weighted by atomic mass is 9.84. The number of carbonyl (C=O) groups is 3. The summed E-state index contributed by atoms with van der Waals surface area (Å²) in [5.41, 5.74) is 0.634. The molecule has 154 valence electrons. The third-order valence-corrected chi connectivity index (χ3v) is 6.23. The zero-order chi connectivity index (χ0) is 20.5. The molecule has 0 aromatic heterocycles. The first kappa shape index (κ1) is 22.3. The van der Waals surface area contributed by atoms with Crippen LogP contribution in [0.25, 0.3) is 0 Å². The molecule has 0 aromatic carbocycles. The quantitative estimate of drug-likeness (QED) is 0.265. The molecule has 1 aliphatic carbocycles. The van der Waals surface area contributed by atoms with Gasteiger partial charge in [0, 0.05) is 18.0 Å². The molecule has 0 radical (unpaired) electrons. The first-order chi connectivity index (χ1) is 13.5. The van der Waals surface area contributed by atoms with Gasteiger partial charge in [0.25, 0.3) is 11.8 Å². The monoisotopic (exact) mass is 385 g/mol. The number of rotatable bonds is 12. The maximum atomic E-state index is 12.2. The van der Waals surface area contributed by atoms with Crippen LogP contribution >= 0.6 is 0 Å². The molecule has 2 rings (SSSR count). The summed E-state index contributed by atoms with van der Waals surface area (Å²) in [6, 6.07) is 0. The Balaban J connectivity index is 1.59. The molecule has 0 spiro atoms. The van der Waals surface area contributed by atoms with Crippen LogP contribution < -0.4 is 0 Å². The Morgan fingerprint density at radius 2 is 1.68 bits per heavy atom. The highest BCUT2D eigenvalue weighted by atomic mass is 16.2. The highest BCUT2D eigenvalue weighted by Crippen LogP contribution is 2.34. The number of nitrogens with zero attached hydrogens (tertiary/aromatic N) is 1. The number of amides is 2. The Morgan fingerprint density at radius 1 is 1.07 bits per heavy atom. The second-order valence-electron chi connectivity index (χ2n) is 8.23. The Labute approximate surface area is 169 Å². The first-order valence-electron chi connectivity index (χ1n) is 10.9. The van der Waals surface area contributed by atoms with Gasteiger partial charge in [0.1, 0.15) is 5.78 Å². The summed E-state index contributed by atoms with van der Waals surface area (Å²) in [7, 11) is 0. The van der Waals surface area contributed by atoms with Gasteiger partial charge < -0.3 is 0 Å². The van der Waals surface area contributed by atoms with Crippen molar-refractivity contribution in [2.45, 2.75) is 77.6 Å². The van der Waals surface area contributed by atoms with E-state index in [1.54, 1.807) is 13.0 Å². The van der Waals surface area contributed by atoms with Crippen molar-refractivity contribution in [2.24, 2.45) is 11.8 Å². The number of unbranched alkanes of at least 4 members (excludes halogenated alkanes) is 5. The fourth-order valence-electron chi connectivity index (χ4n) is 4.61. The average molecular weight is 386 g/mol. The number of hydrogen-bond donors (Lipinski definition) is 0. The van der Waals surface area contributed by atoms with E-state index in [9.17, 15) is 14.4 Å². The van der Waals surface area contributed by atoms with Crippen LogP contribution in [0.5, 0.6) is 0 Å². The molecule has 4 nitrogen and oxygen atoms in total. The van der Waals surface area contributed by atoms with Crippen molar-refractivity contribution >= 4 is 17.6 Å². The lowest BCUT2D eigenvalue weighted by Crippen LogP contribution is -2.30. The highest BCUT2D eigenvalue weighted by Gasteiger charge is 2.36. The smallest absolute Gasteiger partial charge is 0.261 e. The highest BCUT2D eigenvalue weighted by molar-refractivity contribution is 6.24. The fourth-order valence-corrected chi connectivity index (χ4v) is 4.61. The number of imide groups is 1. The summed E-state index contributed by atoms with van der Waals surface area (Å²) in [4.78, 5) is 37.6. The van der Waals surface area contributed by atoms with E-state index in [1.807, 2.05) is 0 Å². The SMILES string of the molecule is C=C/C=C1\C(=C)C(=O)N(CCCCCCCCC(C(C)=O)C2CCCC2)C1=O. The van der Waals surface area contributed by atoms with E-state index < -0.39 is 0 Å². The van der Waals surface area contributed by atoms with Crippen molar-refractivity contribution in [1.29, 1.82) is 0 Å². The molecule has 1 saturated heterocycles. The van der Waals surface area contributed by atoms with Crippen molar-refractivity contribution in [2.75, 3.05) is 6.54 Å². The molecular formula is C24H35NO3. The minimum Gasteiger partial charge on any atom is -0.300 e. The van der Waals surface area contributed by atoms with Crippen LogP contribution in [0.15, 0.2) is 36.5 Å². The molecule has 0 bridgehead atoms. The normalized spacial score (nSPS) is 20.4. The summed E-state index contributed by atoms with van der Waals surface area (Å²) in [5.74, 6) is 0.749. The van der Waals surface area contributed by atoms with Crippen LogP contribution in [0.3, 0.4) is 0 Å². The minimum atomic E-state index is -0.278. The third kappa shape index (κ3) is 5.76. The summed E-state index contributed by atoms with van der Waals surface area (Å²) < 4.78 is 0. The maximum Gasteiger partial charge on any atom is 0.261 e. The van der Waals surface area contributed by atoms with Gasteiger partial charge in [-0.1, -0.05) is 64.2 Å². The number of ketones is 1. The Kier molecular flexibility index (Phi) is 8.88. The summed E-state index contributed by atoms with van der Waals surface area (Å²) in [5, 5.41) is 0. The van der Waals surface area contributed by atoms with Gasteiger partial charge in [0.2, 0.25) is 0 Å². The molecule has 0 N–H and O–H groups in total. The molecule has 4 heteroatoms. The van der Waals surface area contributed by atoms with E-state index in [4.69, 9.17) is 0 Å². The molecule has 1 atom stereocenters. The molecule has 1 heterocycles. The van der Waals surface area contributed by atoms with E-state index >= 15 is 0 Å². The lowest BCUT2D eigenvalue weighted by molar-refractivity contribution is -0.136. The third-order valence-electron chi connectivity index (χ3n) is 6.23. The second kappa shape index (κ2) is 11.1. The van der Waals surface area contributed by atoms with Gasteiger partial charge in [-0.15, -0.1) is 0 Å². The van der Waals surface area contributed by atoms with E-state index in [2.05, 4.69) is 13.2 Å². The van der Waals surface area contributed by atoms with Gasteiger partial charge in [-0.2, -0.15) is 0 Å². The zero-order valence-electron chi connectivity index (χ0n) is 17.4. The number of allylic oxidation sites excluding steroid dienone is 2. The van der Waals surface area contributed by atoms with E-state index in [-0.39, 0.29) is 23.3 Å². The predicted molar refractivity (Wildman–Crippen MR) is 113 cm³/mol. The van der Waals surface area contributed by atoms with Gasteiger partial charge in [-0.25, -0.2) is 0 Å². The Hall–Kier alpha value is -1.97. The number of Topliss-reactive ketones (excluding diaryl/α,β-unsaturated/α-hetero) is 1. The standard InChI is InChI=1S/C24H35NO3/c1-4-13-21-18(2)23(27)25(24(21)28)17-12-8-6-5-7-9-16-22(19(3)26)20-14-10-11-15-20/h4,13,20,22H,1-2,5-12,14-17H2,3H3/b21-13+. The van der Waals surface area contributed by atoms with Crippen molar-refractivity contribution in [3.05, 3.63) is 36.5 Å². The van der Waals surface area contributed by atoms with Crippen LogP contribution in [-0.2, 0) is 14.4 Å². The molecule has 2 aliphatic rings. The zero-order valence-corrected chi connectivity index (χ0v) is 17.4. The van der Waals surface area contributed by atoms with Gasteiger partial charge >= 0.3 is 0 Å². The number of carbonyl (C=O) groups excluding carboxylic acids is 3. The summed E-state index contributed by atoms with van der Waals surface area (Å²) in [6.07, 6.45) is 15.5. The van der Waals surface area contributed by atoms with Crippen molar-refractivity contribution in [1.82, 2.24) is 4.90 Å². The Bertz CT molecular complexity index is 640. The second-order valence-corrected chi connectivity index (χ2v) is 8.23. The lowest BCUT2D eigenvalue weighted by Gasteiger charge is -2.20. The maximum absolute atomic E-state index is 12.2. The van der Waals surface area contributed by atoms with Gasteiger partial charge in [-0.3, -0.25) is 19.3 Å². The van der Waals surface area contributed by atoms with E-state index in [1.165, 1.54) is 36.7 Å². The van der Waals surface area contributed by atoms with Crippen molar-refractivity contribution in [3.63, 3.8) is 0 Å². The topological polar surface area (TPSA) is 54.5 Å². The van der Waals surface area contributed by atoms with Crippen LogP contribution in [0.2, 0.25) is 0 Å². The minimum absolute atomic E-state index is 0.253. The van der Waals surface area contributed by atoms with Crippen molar-refractivity contribution in [3.8, 4) is 0 Å². The van der Waals surface area contributed by atoms with Gasteiger partial charge in [0.05, 0.1) is 5.57 Å². The number of hydrogen-bond acceptors (Lipinski definition) is 3. The van der Waals surface area contributed by atoms with E-state index in [0.29, 0.717) is 23.8 Å². The predicted octanol–water partition coefficient (Wildman–Crippen LogP) is 5.15. The first-order valence-corrected chi connectivity index (χ1v) is 10.9. The van der Waals surface area contributed by atoms with E-state index in [0.717, 1.165) is 44.9 Å². The fraction of sp³-hybridized carbons (Fsp3) is 0.625. The van der Waals surface area contributed by atoms with Crippen LogP contribution in [0.1, 0.15) is 77.6 Å². The largest absolute Gasteiger partial charge is 0.300 e. The molecular weight excluding hydrogens is 350 g/mol. The average Bonchev–Trinajstić information content (AvgIpc) is 3.25. The van der Waals surface area contributed by atoms with Crippen molar-refractivity contribution < 1.29 is 14.4 Å². The molecule has 28 heavy (non-hydrogen) atoms. The van der Waals surface area contributed by atoms with Crippen LogP contribution in [0, 0.1) is 11.8 Å². The molecule has 2 fully saturated rings. The molecule has 1 aliphatic heterocycles. The molecule has 2 amide bonds. The summed E-state index contributed by atoms with van der Waals surface area (Å²) >= 11 is 0. The Morgan fingerprint density at radius 3 is 2.29 bits per heavy atom. The molecule has 0 aromatic rings. The molecule has 1 unspecified atom stereocenters. The van der Waals surface area contributed by atoms with Crippen LogP contribution in [0.4, 0.5) is 0 Å².